The van der Waals surface area contributed by atoms with E-state index in [4.69, 9.17) is 0 Å². The normalized spacial score (nSPS) is 13.2. The molecule has 0 spiro atoms. The van der Waals surface area contributed by atoms with E-state index in [2.05, 4.69) is 20.6 Å². The van der Waals surface area contributed by atoms with Gasteiger partial charge in [-0.2, -0.15) is 0 Å². The molecule has 1 atom stereocenters. The summed E-state index contributed by atoms with van der Waals surface area (Å²) in [5.74, 6) is 0.499. The molecular weight excluding hydrogens is 337 g/mol. The van der Waals surface area contributed by atoms with Gasteiger partial charge in [-0.25, -0.2) is 14.4 Å². The number of fused-ring (bicyclic) bond motifs is 1. The lowest BCUT2D eigenvalue weighted by atomic mass is 10.1. The highest BCUT2D eigenvalue weighted by Crippen LogP contribution is 2.16. The molecule has 132 valence electrons. The second-order valence-electron chi connectivity index (χ2n) is 5.89. The Balaban J connectivity index is 1.70. The predicted octanol–water partition coefficient (Wildman–Crippen LogP) is 3.66. The molecule has 0 aliphatic rings. The molecule has 0 amide bonds. The summed E-state index contributed by atoms with van der Waals surface area (Å²) < 4.78 is 15.8. The van der Waals surface area contributed by atoms with Crippen LogP contribution >= 0.6 is 11.3 Å². The van der Waals surface area contributed by atoms with Gasteiger partial charge in [-0.3, -0.25) is 4.40 Å². The van der Waals surface area contributed by atoms with Crippen LogP contribution in [0, 0.1) is 12.7 Å². The fourth-order valence-corrected chi connectivity index (χ4v) is 3.22. The van der Waals surface area contributed by atoms with Crippen molar-refractivity contribution < 1.29 is 4.39 Å². The van der Waals surface area contributed by atoms with Gasteiger partial charge in [-0.1, -0.05) is 12.1 Å². The molecular formula is C18H22FN5S. The fraction of sp³-hybridized carbons (Fsp3) is 0.333. The van der Waals surface area contributed by atoms with E-state index in [1.54, 1.807) is 30.4 Å². The number of hydrogen-bond acceptors (Lipinski definition) is 3. The highest BCUT2D eigenvalue weighted by atomic mass is 32.1. The third-order valence-corrected chi connectivity index (χ3v) is 4.71. The van der Waals surface area contributed by atoms with E-state index in [0.29, 0.717) is 18.1 Å². The molecule has 2 heterocycles. The molecule has 7 heteroatoms. The maximum absolute atomic E-state index is 13.8. The monoisotopic (exact) mass is 359 g/mol. The molecule has 25 heavy (non-hydrogen) atoms. The minimum absolute atomic E-state index is 0.0570. The number of aromatic nitrogens is 2. The van der Waals surface area contributed by atoms with Crippen molar-refractivity contribution in [2.45, 2.75) is 33.4 Å². The Morgan fingerprint density at radius 1 is 1.44 bits per heavy atom. The molecule has 0 aliphatic carbocycles. The second kappa shape index (κ2) is 7.65. The Labute approximate surface area is 150 Å². The van der Waals surface area contributed by atoms with Crippen molar-refractivity contribution in [2.75, 3.05) is 6.54 Å². The summed E-state index contributed by atoms with van der Waals surface area (Å²) in [5, 5.41) is 8.54. The van der Waals surface area contributed by atoms with Crippen LogP contribution in [0.25, 0.3) is 4.96 Å². The lowest BCUT2D eigenvalue weighted by Gasteiger charge is -2.18. The van der Waals surface area contributed by atoms with Crippen LogP contribution in [0.3, 0.4) is 0 Å². The molecule has 5 nitrogen and oxygen atoms in total. The number of thiazole rings is 1. The third-order valence-electron chi connectivity index (χ3n) is 3.94. The first-order valence-electron chi connectivity index (χ1n) is 8.28. The summed E-state index contributed by atoms with van der Waals surface area (Å²) in [4.78, 5) is 10.1. The number of guanidine groups is 1. The molecule has 0 saturated carbocycles. The predicted molar refractivity (Wildman–Crippen MR) is 101 cm³/mol. The van der Waals surface area contributed by atoms with Gasteiger partial charge in [0.15, 0.2) is 10.9 Å². The van der Waals surface area contributed by atoms with E-state index >= 15 is 0 Å². The van der Waals surface area contributed by atoms with Crippen LogP contribution in [0.5, 0.6) is 0 Å². The third kappa shape index (κ3) is 4.17. The standard InChI is InChI=1S/C18H22FN5S/c1-4-20-17(21-10-15-11-24-7-8-25-18(24)23-15)22-13(3)14-6-5-12(2)16(19)9-14/h5-9,11,13H,4,10H2,1-3H3,(H2,20,21,22). The average Bonchev–Trinajstić information content (AvgIpc) is 3.16. The number of benzene rings is 1. The molecule has 0 aliphatic heterocycles. The summed E-state index contributed by atoms with van der Waals surface area (Å²) in [7, 11) is 0. The Hall–Kier alpha value is -2.41. The second-order valence-corrected chi connectivity index (χ2v) is 6.77. The van der Waals surface area contributed by atoms with Gasteiger partial charge in [-0.05, 0) is 38.0 Å². The topological polar surface area (TPSA) is 53.7 Å². The number of nitrogens with one attached hydrogen (secondary N) is 2. The Morgan fingerprint density at radius 2 is 2.28 bits per heavy atom. The van der Waals surface area contributed by atoms with Crippen LogP contribution in [-0.2, 0) is 6.54 Å². The van der Waals surface area contributed by atoms with Crippen LogP contribution in [0.15, 0.2) is 41.0 Å². The van der Waals surface area contributed by atoms with Crippen molar-refractivity contribution in [1.82, 2.24) is 20.0 Å². The number of rotatable bonds is 5. The molecule has 3 aromatic rings. The Bertz CT molecular complexity index is 854. The Morgan fingerprint density at radius 3 is 3.00 bits per heavy atom. The van der Waals surface area contributed by atoms with Crippen molar-refractivity contribution in [1.29, 1.82) is 0 Å². The van der Waals surface area contributed by atoms with Crippen LogP contribution in [-0.4, -0.2) is 21.9 Å². The molecule has 0 radical (unpaired) electrons. The minimum Gasteiger partial charge on any atom is -0.357 e. The van der Waals surface area contributed by atoms with E-state index in [1.165, 1.54) is 0 Å². The molecule has 0 bridgehead atoms. The minimum atomic E-state index is -0.189. The molecule has 0 fully saturated rings. The number of halogens is 1. The van der Waals surface area contributed by atoms with Gasteiger partial charge in [0, 0.05) is 24.3 Å². The number of imidazole rings is 1. The van der Waals surface area contributed by atoms with Gasteiger partial charge in [0.2, 0.25) is 0 Å². The van der Waals surface area contributed by atoms with Crippen LogP contribution in [0.4, 0.5) is 4.39 Å². The quantitative estimate of drug-likeness (QED) is 0.540. The highest BCUT2D eigenvalue weighted by Gasteiger charge is 2.10. The summed E-state index contributed by atoms with van der Waals surface area (Å²) in [5.41, 5.74) is 2.45. The molecule has 0 saturated heterocycles. The summed E-state index contributed by atoms with van der Waals surface area (Å²) in [6.45, 7) is 7.00. The summed E-state index contributed by atoms with van der Waals surface area (Å²) in [6, 6.07) is 5.24. The average molecular weight is 359 g/mol. The maximum Gasteiger partial charge on any atom is 0.193 e. The largest absolute Gasteiger partial charge is 0.357 e. The van der Waals surface area contributed by atoms with Gasteiger partial charge in [0.05, 0.1) is 18.3 Å². The molecule has 1 aromatic carbocycles. The number of nitrogens with zero attached hydrogens (tertiary/aromatic N) is 3. The molecule has 2 N–H and O–H groups in total. The fourth-order valence-electron chi connectivity index (χ4n) is 2.50. The number of aryl methyl sites for hydroxylation is 1. The van der Waals surface area contributed by atoms with E-state index < -0.39 is 0 Å². The smallest absolute Gasteiger partial charge is 0.193 e. The summed E-state index contributed by atoms with van der Waals surface area (Å²) in [6.07, 6.45) is 3.97. The van der Waals surface area contributed by atoms with Crippen LogP contribution < -0.4 is 10.6 Å². The van der Waals surface area contributed by atoms with Crippen molar-refractivity contribution in [2.24, 2.45) is 4.99 Å². The highest BCUT2D eigenvalue weighted by molar-refractivity contribution is 7.15. The molecule has 3 rings (SSSR count). The lowest BCUT2D eigenvalue weighted by molar-refractivity contribution is 0.607. The zero-order valence-electron chi connectivity index (χ0n) is 14.6. The van der Waals surface area contributed by atoms with E-state index in [9.17, 15) is 4.39 Å². The Kier molecular flexibility index (Phi) is 5.33. The lowest BCUT2D eigenvalue weighted by Crippen LogP contribution is -2.38. The van der Waals surface area contributed by atoms with Gasteiger partial charge in [0.25, 0.3) is 0 Å². The first-order valence-corrected chi connectivity index (χ1v) is 9.16. The van der Waals surface area contributed by atoms with E-state index in [0.717, 1.165) is 22.8 Å². The zero-order valence-corrected chi connectivity index (χ0v) is 15.4. The molecule has 2 aromatic heterocycles. The molecule has 1 unspecified atom stereocenters. The first kappa shape index (κ1) is 17.4. The maximum atomic E-state index is 13.8. The first-order chi connectivity index (χ1) is 12.1. The van der Waals surface area contributed by atoms with Gasteiger partial charge < -0.3 is 10.6 Å². The van der Waals surface area contributed by atoms with Crippen molar-refractivity contribution >= 4 is 22.3 Å². The van der Waals surface area contributed by atoms with Gasteiger partial charge in [0.1, 0.15) is 5.82 Å². The van der Waals surface area contributed by atoms with Gasteiger partial charge in [-0.15, -0.1) is 11.3 Å². The van der Waals surface area contributed by atoms with Crippen molar-refractivity contribution in [3.63, 3.8) is 0 Å². The number of hydrogen-bond donors (Lipinski definition) is 2. The summed E-state index contributed by atoms with van der Waals surface area (Å²) >= 11 is 1.60. The van der Waals surface area contributed by atoms with Gasteiger partial charge >= 0.3 is 0 Å². The SMILES string of the molecule is CCNC(=NCc1cn2ccsc2n1)NC(C)c1ccc(C)c(F)c1. The number of aliphatic imine (C=N–C) groups is 1. The zero-order chi connectivity index (χ0) is 17.8. The van der Waals surface area contributed by atoms with Crippen LogP contribution in [0.2, 0.25) is 0 Å². The van der Waals surface area contributed by atoms with Crippen LogP contribution in [0.1, 0.15) is 36.7 Å². The van der Waals surface area contributed by atoms with E-state index in [1.807, 2.05) is 42.1 Å². The van der Waals surface area contributed by atoms with E-state index in [-0.39, 0.29) is 11.9 Å². The van der Waals surface area contributed by atoms with Crippen molar-refractivity contribution in [3.8, 4) is 0 Å². The van der Waals surface area contributed by atoms with Crippen molar-refractivity contribution in [3.05, 3.63) is 58.6 Å².